The van der Waals surface area contributed by atoms with Crippen molar-refractivity contribution < 1.29 is 14.6 Å². The van der Waals surface area contributed by atoms with Gasteiger partial charge in [0.15, 0.2) is 0 Å². The molecule has 5 nitrogen and oxygen atoms in total. The lowest BCUT2D eigenvalue weighted by Crippen LogP contribution is -2.42. The van der Waals surface area contributed by atoms with Crippen molar-refractivity contribution >= 4 is 6.09 Å². The molecule has 0 radical (unpaired) electrons. The SMILES string of the molecule is CCCC(CNC(=O)OC(C)(C)C)NCc1ccccc1O. The third-order valence-corrected chi connectivity index (χ3v) is 3.10. The lowest BCUT2D eigenvalue weighted by atomic mass is 10.1. The van der Waals surface area contributed by atoms with E-state index in [0.29, 0.717) is 13.1 Å². The van der Waals surface area contributed by atoms with Gasteiger partial charge in [-0.05, 0) is 33.3 Å². The molecule has 0 aliphatic heterocycles. The molecule has 0 heterocycles. The maximum Gasteiger partial charge on any atom is 0.407 e. The maximum atomic E-state index is 11.7. The fraction of sp³-hybridized carbons (Fsp3) is 0.588. The smallest absolute Gasteiger partial charge is 0.407 e. The van der Waals surface area contributed by atoms with Gasteiger partial charge in [0, 0.05) is 24.7 Å². The monoisotopic (exact) mass is 308 g/mol. The molecule has 0 spiro atoms. The van der Waals surface area contributed by atoms with Crippen LogP contribution >= 0.6 is 0 Å². The van der Waals surface area contributed by atoms with Gasteiger partial charge in [-0.25, -0.2) is 4.79 Å². The molecule has 0 saturated carbocycles. The molecular formula is C17H28N2O3. The summed E-state index contributed by atoms with van der Waals surface area (Å²) in [5.74, 6) is 0.283. The van der Waals surface area contributed by atoms with Gasteiger partial charge >= 0.3 is 6.09 Å². The zero-order chi connectivity index (χ0) is 16.6. The Morgan fingerprint density at radius 2 is 2.00 bits per heavy atom. The summed E-state index contributed by atoms with van der Waals surface area (Å²) in [5.41, 5.74) is 0.356. The summed E-state index contributed by atoms with van der Waals surface area (Å²) in [6, 6.07) is 7.38. The Kier molecular flexibility index (Phi) is 7.18. The van der Waals surface area contributed by atoms with E-state index in [1.807, 2.05) is 32.9 Å². The molecule has 0 aliphatic carbocycles. The standard InChI is InChI=1S/C17H28N2O3/c1-5-8-14(12-19-16(21)22-17(2,3)4)18-11-13-9-6-7-10-15(13)20/h6-7,9-10,14,18,20H,5,8,11-12H2,1-4H3,(H,19,21). The molecule has 0 aromatic heterocycles. The molecule has 124 valence electrons. The molecule has 5 heteroatoms. The van der Waals surface area contributed by atoms with Crippen LogP contribution in [0.25, 0.3) is 0 Å². The Hall–Kier alpha value is -1.75. The van der Waals surface area contributed by atoms with Gasteiger partial charge in [-0.1, -0.05) is 31.5 Å². The lowest BCUT2D eigenvalue weighted by Gasteiger charge is -2.22. The summed E-state index contributed by atoms with van der Waals surface area (Å²) in [6.45, 7) is 8.68. The van der Waals surface area contributed by atoms with Crippen molar-refractivity contribution in [3.05, 3.63) is 29.8 Å². The van der Waals surface area contributed by atoms with Crippen LogP contribution in [-0.2, 0) is 11.3 Å². The molecule has 0 saturated heterocycles. The van der Waals surface area contributed by atoms with E-state index in [9.17, 15) is 9.90 Å². The van der Waals surface area contributed by atoms with Gasteiger partial charge < -0.3 is 20.5 Å². The minimum Gasteiger partial charge on any atom is -0.508 e. The van der Waals surface area contributed by atoms with Crippen molar-refractivity contribution in [2.75, 3.05) is 6.54 Å². The van der Waals surface area contributed by atoms with Crippen LogP contribution in [0.1, 0.15) is 46.1 Å². The third-order valence-electron chi connectivity index (χ3n) is 3.10. The van der Waals surface area contributed by atoms with Gasteiger partial charge in [-0.3, -0.25) is 0 Å². The zero-order valence-electron chi connectivity index (χ0n) is 14.0. The predicted molar refractivity (Wildman–Crippen MR) is 87.9 cm³/mol. The highest BCUT2D eigenvalue weighted by Crippen LogP contribution is 2.15. The van der Waals surface area contributed by atoms with Gasteiger partial charge in [-0.2, -0.15) is 0 Å². The van der Waals surface area contributed by atoms with Crippen LogP contribution in [-0.4, -0.2) is 29.4 Å². The van der Waals surface area contributed by atoms with Gasteiger partial charge in [0.1, 0.15) is 11.4 Å². The average Bonchev–Trinajstić information content (AvgIpc) is 2.41. The number of phenols is 1. The molecule has 1 aromatic rings. The van der Waals surface area contributed by atoms with Crippen molar-refractivity contribution in [2.45, 2.75) is 58.7 Å². The Labute approximate surface area is 133 Å². The van der Waals surface area contributed by atoms with Crippen LogP contribution in [0.2, 0.25) is 0 Å². The molecule has 0 bridgehead atoms. The number of amides is 1. The average molecular weight is 308 g/mol. The predicted octanol–water partition coefficient (Wildman–Crippen LogP) is 3.18. The maximum absolute atomic E-state index is 11.7. The number of ether oxygens (including phenoxy) is 1. The zero-order valence-corrected chi connectivity index (χ0v) is 14.0. The molecule has 22 heavy (non-hydrogen) atoms. The fourth-order valence-corrected chi connectivity index (χ4v) is 2.06. The van der Waals surface area contributed by atoms with E-state index >= 15 is 0 Å². The Morgan fingerprint density at radius 3 is 2.59 bits per heavy atom. The lowest BCUT2D eigenvalue weighted by molar-refractivity contribution is 0.0521. The summed E-state index contributed by atoms with van der Waals surface area (Å²) in [7, 11) is 0. The van der Waals surface area contributed by atoms with E-state index in [0.717, 1.165) is 18.4 Å². The van der Waals surface area contributed by atoms with Crippen molar-refractivity contribution in [1.82, 2.24) is 10.6 Å². The first-order valence-corrected chi connectivity index (χ1v) is 7.79. The number of hydrogen-bond donors (Lipinski definition) is 3. The highest BCUT2D eigenvalue weighted by molar-refractivity contribution is 5.67. The fourth-order valence-electron chi connectivity index (χ4n) is 2.06. The second kappa shape index (κ2) is 8.63. The topological polar surface area (TPSA) is 70.6 Å². The van der Waals surface area contributed by atoms with E-state index in [-0.39, 0.29) is 11.8 Å². The van der Waals surface area contributed by atoms with E-state index in [1.54, 1.807) is 12.1 Å². The van der Waals surface area contributed by atoms with Crippen LogP contribution in [0.5, 0.6) is 5.75 Å². The minimum absolute atomic E-state index is 0.136. The van der Waals surface area contributed by atoms with Gasteiger partial charge in [0.25, 0.3) is 0 Å². The van der Waals surface area contributed by atoms with E-state index in [4.69, 9.17) is 4.74 Å². The Bertz CT molecular complexity index is 469. The number of carbonyl (C=O) groups excluding carboxylic acids is 1. The first-order chi connectivity index (χ1) is 10.3. The third kappa shape index (κ3) is 7.31. The number of rotatable bonds is 7. The van der Waals surface area contributed by atoms with E-state index in [2.05, 4.69) is 17.6 Å². The van der Waals surface area contributed by atoms with Crippen LogP contribution in [0, 0.1) is 0 Å². The summed E-state index contributed by atoms with van der Waals surface area (Å²) < 4.78 is 5.23. The minimum atomic E-state index is -0.492. The van der Waals surface area contributed by atoms with Gasteiger partial charge in [0.2, 0.25) is 0 Å². The molecule has 1 aromatic carbocycles. The van der Waals surface area contributed by atoms with Gasteiger partial charge in [-0.15, -0.1) is 0 Å². The van der Waals surface area contributed by atoms with Crippen LogP contribution in [0.3, 0.4) is 0 Å². The number of alkyl carbamates (subject to hydrolysis) is 1. The second-order valence-corrected chi connectivity index (χ2v) is 6.38. The number of phenolic OH excluding ortho intramolecular Hbond substituents is 1. The highest BCUT2D eigenvalue weighted by atomic mass is 16.6. The first kappa shape index (κ1) is 18.3. The number of nitrogens with one attached hydrogen (secondary N) is 2. The van der Waals surface area contributed by atoms with E-state index < -0.39 is 11.7 Å². The van der Waals surface area contributed by atoms with Crippen molar-refractivity contribution in [2.24, 2.45) is 0 Å². The van der Waals surface area contributed by atoms with Crippen molar-refractivity contribution in [1.29, 1.82) is 0 Å². The Balaban J connectivity index is 2.45. The largest absolute Gasteiger partial charge is 0.508 e. The molecule has 0 aliphatic rings. The number of hydrogen-bond acceptors (Lipinski definition) is 4. The molecule has 1 unspecified atom stereocenters. The molecular weight excluding hydrogens is 280 g/mol. The number of benzene rings is 1. The number of aromatic hydroxyl groups is 1. The summed E-state index contributed by atoms with van der Waals surface area (Å²) in [6.07, 6.45) is 1.54. The van der Waals surface area contributed by atoms with Crippen molar-refractivity contribution in [3.63, 3.8) is 0 Å². The molecule has 0 fully saturated rings. The highest BCUT2D eigenvalue weighted by Gasteiger charge is 2.17. The van der Waals surface area contributed by atoms with Crippen LogP contribution < -0.4 is 10.6 Å². The van der Waals surface area contributed by atoms with E-state index in [1.165, 1.54) is 0 Å². The Morgan fingerprint density at radius 1 is 1.32 bits per heavy atom. The second-order valence-electron chi connectivity index (χ2n) is 6.38. The van der Waals surface area contributed by atoms with Crippen LogP contribution in [0.4, 0.5) is 4.79 Å². The first-order valence-electron chi connectivity index (χ1n) is 7.79. The van der Waals surface area contributed by atoms with Gasteiger partial charge in [0.05, 0.1) is 0 Å². The molecule has 1 amide bonds. The molecule has 1 rings (SSSR count). The number of carbonyl (C=O) groups is 1. The van der Waals surface area contributed by atoms with Crippen LogP contribution in [0.15, 0.2) is 24.3 Å². The normalized spacial score (nSPS) is 12.7. The van der Waals surface area contributed by atoms with Crippen molar-refractivity contribution in [3.8, 4) is 5.75 Å². The molecule has 1 atom stereocenters. The number of para-hydroxylation sites is 1. The quantitative estimate of drug-likeness (QED) is 0.723. The summed E-state index contributed by atoms with van der Waals surface area (Å²) in [5, 5.41) is 15.9. The summed E-state index contributed by atoms with van der Waals surface area (Å²) in [4.78, 5) is 11.7. The summed E-state index contributed by atoms with van der Waals surface area (Å²) >= 11 is 0. The molecule has 3 N–H and O–H groups in total.